The Morgan fingerprint density at radius 2 is 2.50 bits per heavy atom. The van der Waals surface area contributed by atoms with Crippen molar-refractivity contribution < 1.29 is 0 Å². The van der Waals surface area contributed by atoms with Crippen molar-refractivity contribution in [2.24, 2.45) is 0 Å². The summed E-state index contributed by atoms with van der Waals surface area (Å²) in [6.07, 6.45) is 3.56. The highest BCUT2D eigenvalue weighted by molar-refractivity contribution is 6.21. The Labute approximate surface area is 51.8 Å². The highest BCUT2D eigenvalue weighted by Crippen LogP contribution is 2.03. The zero-order valence-corrected chi connectivity index (χ0v) is 5.65. The maximum Gasteiger partial charge on any atom is 0.133 e. The van der Waals surface area contributed by atoms with Crippen molar-refractivity contribution in [1.82, 2.24) is 4.90 Å². The summed E-state index contributed by atoms with van der Waals surface area (Å²) < 4.78 is 0. The molecular formula is C6H12BN. The minimum atomic E-state index is 1.14. The van der Waals surface area contributed by atoms with Gasteiger partial charge in [0.1, 0.15) is 7.85 Å². The fourth-order valence-corrected chi connectivity index (χ4v) is 0.872. The van der Waals surface area contributed by atoms with E-state index in [0.29, 0.717) is 0 Å². The molecule has 0 spiro atoms. The monoisotopic (exact) mass is 109 g/mol. The fourth-order valence-electron chi connectivity index (χ4n) is 0.872. The molecule has 0 aromatic rings. The van der Waals surface area contributed by atoms with Crippen LogP contribution in [-0.4, -0.2) is 32.9 Å². The average molecular weight is 109 g/mol. The van der Waals surface area contributed by atoms with Gasteiger partial charge in [0.15, 0.2) is 0 Å². The van der Waals surface area contributed by atoms with Crippen molar-refractivity contribution in [3.63, 3.8) is 0 Å². The van der Waals surface area contributed by atoms with Gasteiger partial charge in [-0.3, -0.25) is 0 Å². The molecule has 0 aromatic carbocycles. The zero-order valence-electron chi connectivity index (χ0n) is 5.65. The Balaban J connectivity index is 2.42. The molecule has 44 valence electrons. The smallest absolute Gasteiger partial charge is 0.133 e. The Morgan fingerprint density at radius 1 is 1.75 bits per heavy atom. The molecule has 0 aliphatic carbocycles. The number of likely N-dealkylation sites (N-methyl/N-ethyl adjacent to an activating group) is 1. The van der Waals surface area contributed by atoms with Crippen molar-refractivity contribution in [3.8, 4) is 0 Å². The van der Waals surface area contributed by atoms with Gasteiger partial charge < -0.3 is 4.90 Å². The second kappa shape index (κ2) is 2.36. The molecule has 1 aliphatic rings. The average Bonchev–Trinajstić information content (AvgIpc) is 1.77. The van der Waals surface area contributed by atoms with Gasteiger partial charge in [-0.25, -0.2) is 0 Å². The molecular weight excluding hydrogens is 96.9 g/mol. The third-order valence-corrected chi connectivity index (χ3v) is 1.64. The predicted molar refractivity (Wildman–Crippen MR) is 38.7 cm³/mol. The summed E-state index contributed by atoms with van der Waals surface area (Å²) in [7, 11) is 4.36. The molecule has 0 radical (unpaired) electrons. The zero-order chi connectivity index (χ0) is 5.98. The maximum absolute atomic E-state index is 2.33. The lowest BCUT2D eigenvalue weighted by Gasteiger charge is -2.19. The Hall–Kier alpha value is -0.235. The van der Waals surface area contributed by atoms with Gasteiger partial charge in [-0.15, -0.1) is 5.47 Å². The molecule has 0 aromatic heterocycles. The standard InChI is InChI=1S/C6H12BN/c1-8-4-2-6(7)3-5-8/h2H,3-5,7H2,1H3. The van der Waals surface area contributed by atoms with E-state index in [-0.39, 0.29) is 0 Å². The van der Waals surface area contributed by atoms with Crippen LogP contribution >= 0.6 is 0 Å². The second-order valence-electron chi connectivity index (χ2n) is 2.56. The predicted octanol–water partition coefficient (Wildman–Crippen LogP) is -0.161. The summed E-state index contributed by atoms with van der Waals surface area (Å²) >= 11 is 0. The van der Waals surface area contributed by atoms with E-state index in [0.717, 1.165) is 6.54 Å². The highest BCUT2D eigenvalue weighted by atomic mass is 15.1. The lowest BCUT2D eigenvalue weighted by molar-refractivity contribution is 0.363. The van der Waals surface area contributed by atoms with Crippen LogP contribution in [0.3, 0.4) is 0 Å². The molecule has 2 heteroatoms. The first-order valence-electron chi connectivity index (χ1n) is 3.13. The van der Waals surface area contributed by atoms with Gasteiger partial charge in [0.05, 0.1) is 0 Å². The SMILES string of the molecule is BC1=CCN(C)CC1. The first-order chi connectivity index (χ1) is 3.79. The normalized spacial score (nSPS) is 22.9. The topological polar surface area (TPSA) is 3.24 Å². The molecule has 0 unspecified atom stereocenters. The molecule has 0 atom stereocenters. The molecule has 0 bridgehead atoms. The molecule has 0 N–H and O–H groups in total. The van der Waals surface area contributed by atoms with E-state index < -0.39 is 0 Å². The summed E-state index contributed by atoms with van der Waals surface area (Å²) in [6.45, 7) is 2.38. The molecule has 0 saturated heterocycles. The van der Waals surface area contributed by atoms with E-state index in [1.165, 1.54) is 13.0 Å². The minimum Gasteiger partial charge on any atom is -0.302 e. The van der Waals surface area contributed by atoms with Gasteiger partial charge in [0, 0.05) is 13.1 Å². The van der Waals surface area contributed by atoms with Gasteiger partial charge in [-0.1, -0.05) is 6.08 Å². The number of hydrogen-bond donors (Lipinski definition) is 0. The first-order valence-corrected chi connectivity index (χ1v) is 3.13. The van der Waals surface area contributed by atoms with Crippen LogP contribution in [0.15, 0.2) is 11.5 Å². The molecule has 0 saturated carbocycles. The number of rotatable bonds is 0. The maximum atomic E-state index is 2.33. The van der Waals surface area contributed by atoms with Crippen LogP contribution in [0.4, 0.5) is 0 Å². The van der Waals surface area contributed by atoms with Gasteiger partial charge >= 0.3 is 0 Å². The van der Waals surface area contributed by atoms with Crippen LogP contribution < -0.4 is 0 Å². The number of hydrogen-bond acceptors (Lipinski definition) is 1. The van der Waals surface area contributed by atoms with Crippen LogP contribution in [0, 0.1) is 0 Å². The molecule has 1 heterocycles. The summed E-state index contributed by atoms with van der Waals surface area (Å²) in [6, 6.07) is 0. The van der Waals surface area contributed by atoms with Crippen LogP contribution in [0.1, 0.15) is 6.42 Å². The summed E-state index contributed by atoms with van der Waals surface area (Å²) in [5.41, 5.74) is 1.54. The fraction of sp³-hybridized carbons (Fsp3) is 0.667. The summed E-state index contributed by atoms with van der Waals surface area (Å²) in [5, 5.41) is 0. The Bertz CT molecular complexity index is 109. The van der Waals surface area contributed by atoms with E-state index in [1.807, 2.05) is 0 Å². The second-order valence-corrected chi connectivity index (χ2v) is 2.56. The van der Waals surface area contributed by atoms with Crippen molar-refractivity contribution >= 4 is 7.85 Å². The highest BCUT2D eigenvalue weighted by Gasteiger charge is 2.01. The third kappa shape index (κ3) is 1.37. The lowest BCUT2D eigenvalue weighted by Crippen LogP contribution is -2.24. The Kier molecular flexibility index (Phi) is 1.74. The molecule has 8 heavy (non-hydrogen) atoms. The molecule has 1 rings (SSSR count). The van der Waals surface area contributed by atoms with Gasteiger partial charge in [-0.2, -0.15) is 0 Å². The van der Waals surface area contributed by atoms with E-state index in [4.69, 9.17) is 0 Å². The van der Waals surface area contributed by atoms with Crippen LogP contribution in [0.2, 0.25) is 0 Å². The molecule has 1 aliphatic heterocycles. The lowest BCUT2D eigenvalue weighted by atomic mass is 9.90. The van der Waals surface area contributed by atoms with E-state index in [1.54, 1.807) is 5.47 Å². The molecule has 0 fully saturated rings. The van der Waals surface area contributed by atoms with Crippen molar-refractivity contribution in [3.05, 3.63) is 11.5 Å². The first kappa shape index (κ1) is 5.89. The van der Waals surface area contributed by atoms with Gasteiger partial charge in [0.25, 0.3) is 0 Å². The van der Waals surface area contributed by atoms with Crippen molar-refractivity contribution in [2.45, 2.75) is 6.42 Å². The summed E-state index contributed by atoms with van der Waals surface area (Å²) in [5.74, 6) is 0. The van der Waals surface area contributed by atoms with Crippen LogP contribution in [0.5, 0.6) is 0 Å². The van der Waals surface area contributed by atoms with Crippen LogP contribution in [0.25, 0.3) is 0 Å². The van der Waals surface area contributed by atoms with Crippen LogP contribution in [-0.2, 0) is 0 Å². The van der Waals surface area contributed by atoms with E-state index in [2.05, 4.69) is 25.9 Å². The van der Waals surface area contributed by atoms with Crippen molar-refractivity contribution in [2.75, 3.05) is 20.1 Å². The largest absolute Gasteiger partial charge is 0.302 e. The molecule has 1 nitrogen and oxygen atoms in total. The Morgan fingerprint density at radius 3 is 2.88 bits per heavy atom. The van der Waals surface area contributed by atoms with Gasteiger partial charge in [-0.05, 0) is 13.5 Å². The summed E-state index contributed by atoms with van der Waals surface area (Å²) in [4.78, 5) is 2.33. The molecule has 0 amide bonds. The van der Waals surface area contributed by atoms with Gasteiger partial charge in [0.2, 0.25) is 0 Å². The van der Waals surface area contributed by atoms with E-state index >= 15 is 0 Å². The minimum absolute atomic E-state index is 1.14. The van der Waals surface area contributed by atoms with E-state index in [9.17, 15) is 0 Å². The quantitative estimate of drug-likeness (QED) is 0.390. The third-order valence-electron chi connectivity index (χ3n) is 1.64. The number of nitrogens with zero attached hydrogens (tertiary/aromatic N) is 1. The van der Waals surface area contributed by atoms with Crippen molar-refractivity contribution in [1.29, 1.82) is 0 Å².